The third-order valence-corrected chi connectivity index (χ3v) is 5.55. The average molecular weight is 446 g/mol. The average Bonchev–Trinajstić information content (AvgIpc) is 3.09. The highest BCUT2D eigenvalue weighted by molar-refractivity contribution is 7.99. The summed E-state index contributed by atoms with van der Waals surface area (Å²) in [5.74, 6) is 0.108. The third kappa shape index (κ3) is 5.52. The second-order valence-electron chi connectivity index (χ2n) is 6.80. The number of para-hydroxylation sites is 1. The number of nitrogen functional groups attached to an aromatic ring is 1. The fourth-order valence-corrected chi connectivity index (χ4v) is 4.08. The molecule has 0 amide bonds. The molecule has 0 aliphatic rings. The Bertz CT molecular complexity index is 1100. The number of carbonyl (C=O) groups is 1. The van der Waals surface area contributed by atoms with Crippen molar-refractivity contribution in [3.8, 4) is 0 Å². The van der Waals surface area contributed by atoms with Gasteiger partial charge in [0.25, 0.3) is 11.5 Å². The van der Waals surface area contributed by atoms with Crippen LogP contribution in [0.5, 0.6) is 0 Å². The van der Waals surface area contributed by atoms with Gasteiger partial charge < -0.3 is 15.2 Å². The Morgan fingerprint density at radius 2 is 1.94 bits per heavy atom. The summed E-state index contributed by atoms with van der Waals surface area (Å²) in [4.78, 5) is 30.4. The van der Waals surface area contributed by atoms with Gasteiger partial charge in [0.05, 0.1) is 16.7 Å². The largest absolute Gasteiger partial charge is 0.382 e. The minimum absolute atomic E-state index is 0.0626. The monoisotopic (exact) mass is 445 g/mol. The number of aromatic nitrogens is 4. The van der Waals surface area contributed by atoms with Crippen LogP contribution in [0.1, 0.15) is 30.8 Å². The number of ether oxygens (including phenoxy) is 2. The molecule has 0 unspecified atom stereocenters. The molecule has 0 fully saturated rings. The van der Waals surface area contributed by atoms with Crippen molar-refractivity contribution in [1.82, 2.24) is 19.3 Å². The zero-order valence-electron chi connectivity index (χ0n) is 17.9. The number of hydrogen-bond acceptors (Lipinski definition) is 8. The molecule has 0 radical (unpaired) electrons. The zero-order valence-corrected chi connectivity index (χ0v) is 18.7. The molecule has 9 nitrogen and oxygen atoms in total. The van der Waals surface area contributed by atoms with E-state index in [1.165, 1.54) is 16.4 Å². The van der Waals surface area contributed by atoms with E-state index in [9.17, 15) is 9.59 Å². The molecule has 1 aromatic carbocycles. The highest BCUT2D eigenvalue weighted by atomic mass is 32.2. The molecule has 166 valence electrons. The van der Waals surface area contributed by atoms with Gasteiger partial charge in [0.15, 0.2) is 11.4 Å². The van der Waals surface area contributed by atoms with Gasteiger partial charge in [-0.05, 0) is 32.9 Å². The highest BCUT2D eigenvalue weighted by Crippen LogP contribution is 2.20. The van der Waals surface area contributed by atoms with Crippen molar-refractivity contribution < 1.29 is 14.3 Å². The Morgan fingerprint density at radius 1 is 1.23 bits per heavy atom. The molecule has 3 aromatic rings. The molecule has 0 aliphatic heterocycles. The lowest BCUT2D eigenvalue weighted by Gasteiger charge is -2.19. The van der Waals surface area contributed by atoms with Gasteiger partial charge in [-0.3, -0.25) is 14.2 Å². The van der Waals surface area contributed by atoms with Gasteiger partial charge in [0.2, 0.25) is 0 Å². The summed E-state index contributed by atoms with van der Waals surface area (Å²) >= 11 is 1.19. The van der Waals surface area contributed by atoms with Crippen LogP contribution in [0.2, 0.25) is 0 Å². The molecule has 2 aromatic heterocycles. The lowest BCUT2D eigenvalue weighted by atomic mass is 10.2. The second kappa shape index (κ2) is 10.6. The summed E-state index contributed by atoms with van der Waals surface area (Å²) < 4.78 is 14.0. The summed E-state index contributed by atoms with van der Waals surface area (Å²) in [5.41, 5.74) is 6.76. The second-order valence-corrected chi connectivity index (χ2v) is 7.74. The van der Waals surface area contributed by atoms with Crippen molar-refractivity contribution in [3.63, 3.8) is 0 Å². The first-order valence-electron chi connectivity index (χ1n) is 10.2. The number of hydrogen-bond donors (Lipinski definition) is 1. The summed E-state index contributed by atoms with van der Waals surface area (Å²) in [6.45, 7) is 6.93. The zero-order chi connectivity index (χ0) is 22.4. The Labute approximate surface area is 184 Å². The van der Waals surface area contributed by atoms with Crippen molar-refractivity contribution in [1.29, 1.82) is 0 Å². The molecule has 10 heteroatoms. The number of anilines is 1. The lowest BCUT2D eigenvalue weighted by molar-refractivity contribution is -0.141. The number of nitrogens with zero attached hydrogens (tertiary/aromatic N) is 4. The van der Waals surface area contributed by atoms with E-state index in [1.807, 2.05) is 19.9 Å². The Balaban J connectivity index is 1.87. The fourth-order valence-electron chi connectivity index (χ4n) is 3.21. The molecule has 3 rings (SSSR count). The van der Waals surface area contributed by atoms with Crippen molar-refractivity contribution >= 4 is 34.4 Å². The Kier molecular flexibility index (Phi) is 7.83. The van der Waals surface area contributed by atoms with Crippen LogP contribution >= 0.6 is 11.8 Å². The van der Waals surface area contributed by atoms with E-state index in [4.69, 9.17) is 15.2 Å². The number of benzene rings is 1. The van der Waals surface area contributed by atoms with Crippen molar-refractivity contribution in [3.05, 3.63) is 46.4 Å². The van der Waals surface area contributed by atoms with E-state index in [-0.39, 0.29) is 23.0 Å². The number of rotatable bonds is 10. The van der Waals surface area contributed by atoms with E-state index < -0.39 is 6.29 Å². The molecule has 2 heterocycles. The molecule has 0 atom stereocenters. The van der Waals surface area contributed by atoms with Crippen LogP contribution < -0.4 is 11.3 Å². The number of thioether (sulfide) groups is 1. The van der Waals surface area contributed by atoms with E-state index >= 15 is 0 Å². The normalized spacial score (nSPS) is 11.5. The molecule has 0 spiro atoms. The van der Waals surface area contributed by atoms with Crippen molar-refractivity contribution in [2.75, 3.05) is 24.7 Å². The molecule has 0 bridgehead atoms. The molecule has 2 N–H and O–H groups in total. The Hall–Kier alpha value is -2.69. The number of carbonyl (C=O) groups excluding carboxylic acids is 1. The lowest BCUT2D eigenvalue weighted by Crippen LogP contribution is -2.28. The number of nitrogens with two attached hydrogens (primary N) is 1. The van der Waals surface area contributed by atoms with Gasteiger partial charge in [0, 0.05) is 37.9 Å². The van der Waals surface area contributed by atoms with Crippen molar-refractivity contribution in [2.24, 2.45) is 0 Å². The number of fused-ring (bicyclic) bond motifs is 1. The quantitative estimate of drug-likeness (QED) is 0.288. The predicted octanol–water partition coefficient (Wildman–Crippen LogP) is 2.71. The van der Waals surface area contributed by atoms with Crippen LogP contribution in [0, 0.1) is 6.92 Å². The Morgan fingerprint density at radius 3 is 2.58 bits per heavy atom. The van der Waals surface area contributed by atoms with Crippen LogP contribution in [0.3, 0.4) is 0 Å². The minimum Gasteiger partial charge on any atom is -0.382 e. The highest BCUT2D eigenvalue weighted by Gasteiger charge is 2.17. The van der Waals surface area contributed by atoms with Crippen LogP contribution in [-0.4, -0.2) is 50.5 Å². The maximum absolute atomic E-state index is 13.2. The van der Waals surface area contributed by atoms with Gasteiger partial charge in [0.1, 0.15) is 5.82 Å². The predicted molar refractivity (Wildman–Crippen MR) is 120 cm³/mol. The molecule has 0 saturated heterocycles. The van der Waals surface area contributed by atoms with E-state index in [0.717, 1.165) is 0 Å². The van der Waals surface area contributed by atoms with Crippen LogP contribution in [-0.2, 0) is 16.0 Å². The standard InChI is InChI=1S/C21H27N5O4S/c1-4-29-19(30-5-2)10-11-25-20(28)15-8-6-7-9-16(15)23-21(25)31-13-18(27)26-14(3)12-17(22)24-26/h6-9,12,19H,4-5,10-11,13H2,1-3H3,(H2,22,24). The summed E-state index contributed by atoms with van der Waals surface area (Å²) in [7, 11) is 0. The summed E-state index contributed by atoms with van der Waals surface area (Å²) in [5, 5.41) is 5.01. The van der Waals surface area contributed by atoms with Crippen LogP contribution in [0.15, 0.2) is 40.3 Å². The molecular weight excluding hydrogens is 418 g/mol. The molecular formula is C21H27N5O4S. The fraction of sp³-hybridized carbons (Fsp3) is 0.429. The van der Waals surface area contributed by atoms with Crippen molar-refractivity contribution in [2.45, 2.75) is 45.2 Å². The number of aryl methyl sites for hydroxylation is 1. The molecule has 0 saturated carbocycles. The van der Waals surface area contributed by atoms with Crippen LogP contribution in [0.4, 0.5) is 5.82 Å². The van der Waals surface area contributed by atoms with Gasteiger partial charge in [-0.15, -0.1) is 5.10 Å². The summed E-state index contributed by atoms with van der Waals surface area (Å²) in [6, 6.07) is 8.80. The van der Waals surface area contributed by atoms with Gasteiger partial charge >= 0.3 is 0 Å². The van der Waals surface area contributed by atoms with Gasteiger partial charge in [-0.25, -0.2) is 9.67 Å². The van der Waals surface area contributed by atoms with Crippen LogP contribution in [0.25, 0.3) is 10.9 Å². The molecule has 0 aliphatic carbocycles. The SMILES string of the molecule is CCOC(CCn1c(SCC(=O)n2nc(N)cc2C)nc2ccccc2c1=O)OCC. The maximum atomic E-state index is 13.2. The first-order chi connectivity index (χ1) is 14.9. The first-order valence-corrected chi connectivity index (χ1v) is 11.1. The smallest absolute Gasteiger partial charge is 0.262 e. The molecule has 31 heavy (non-hydrogen) atoms. The van der Waals surface area contributed by atoms with Gasteiger partial charge in [-0.1, -0.05) is 23.9 Å². The minimum atomic E-state index is -0.414. The summed E-state index contributed by atoms with van der Waals surface area (Å²) in [6.07, 6.45) is 0.0697. The topological polar surface area (TPSA) is 114 Å². The van der Waals surface area contributed by atoms with E-state index in [0.29, 0.717) is 47.9 Å². The van der Waals surface area contributed by atoms with E-state index in [2.05, 4.69) is 10.1 Å². The third-order valence-electron chi connectivity index (χ3n) is 4.59. The van der Waals surface area contributed by atoms with E-state index in [1.54, 1.807) is 35.8 Å². The maximum Gasteiger partial charge on any atom is 0.262 e. The van der Waals surface area contributed by atoms with Gasteiger partial charge in [-0.2, -0.15) is 0 Å². The first kappa shape index (κ1) is 23.0.